The summed E-state index contributed by atoms with van der Waals surface area (Å²) in [6, 6.07) is 9.83. The highest BCUT2D eigenvalue weighted by molar-refractivity contribution is 7.12. The van der Waals surface area contributed by atoms with Crippen LogP contribution in [0.3, 0.4) is 0 Å². The Labute approximate surface area is 122 Å². The second-order valence-corrected chi connectivity index (χ2v) is 5.65. The van der Waals surface area contributed by atoms with Crippen LogP contribution < -0.4 is 16.0 Å². The van der Waals surface area contributed by atoms with Gasteiger partial charge in [0.25, 0.3) is 5.91 Å². The van der Waals surface area contributed by atoms with Gasteiger partial charge in [0.05, 0.1) is 4.88 Å². The quantitative estimate of drug-likeness (QED) is 0.505. The lowest BCUT2D eigenvalue weighted by atomic mass is 10.0. The average Bonchev–Trinajstić information content (AvgIpc) is 2.92. The summed E-state index contributed by atoms with van der Waals surface area (Å²) in [5.74, 6) is 6.13. The molecule has 0 saturated carbocycles. The molecule has 2 rings (SSSR count). The number of hydrogen-bond donors (Lipinski definition) is 2. The van der Waals surface area contributed by atoms with E-state index in [4.69, 9.17) is 10.6 Å². The number of para-hydroxylation sites is 1. The predicted octanol–water partition coefficient (Wildman–Crippen LogP) is 3.05. The monoisotopic (exact) mass is 290 g/mol. The Morgan fingerprint density at radius 2 is 2.10 bits per heavy atom. The van der Waals surface area contributed by atoms with Crippen molar-refractivity contribution in [3.05, 3.63) is 51.7 Å². The molecule has 0 atom stereocenters. The van der Waals surface area contributed by atoms with Gasteiger partial charge in [0, 0.05) is 5.56 Å². The first-order valence-corrected chi connectivity index (χ1v) is 7.30. The number of thiophene rings is 1. The van der Waals surface area contributed by atoms with Crippen molar-refractivity contribution in [2.75, 3.05) is 0 Å². The van der Waals surface area contributed by atoms with Crippen LogP contribution in [0.15, 0.2) is 35.7 Å². The maximum absolute atomic E-state index is 11.6. The van der Waals surface area contributed by atoms with E-state index in [1.54, 1.807) is 0 Å². The molecule has 0 radical (unpaired) electrons. The van der Waals surface area contributed by atoms with E-state index in [1.165, 1.54) is 11.3 Å². The molecule has 1 aromatic heterocycles. The largest absolute Gasteiger partial charge is 0.489 e. The number of carbonyl (C=O) groups is 1. The molecule has 0 fully saturated rings. The third-order valence-corrected chi connectivity index (χ3v) is 3.96. The van der Waals surface area contributed by atoms with E-state index in [2.05, 4.69) is 25.3 Å². The summed E-state index contributed by atoms with van der Waals surface area (Å²) >= 11 is 1.36. The lowest BCUT2D eigenvalue weighted by molar-refractivity contribution is 0.0955. The Balaban J connectivity index is 2.14. The van der Waals surface area contributed by atoms with Gasteiger partial charge in [-0.25, -0.2) is 5.84 Å². The molecule has 3 N–H and O–H groups in total. The second kappa shape index (κ2) is 6.54. The van der Waals surface area contributed by atoms with Crippen LogP contribution in [0.4, 0.5) is 0 Å². The fourth-order valence-corrected chi connectivity index (χ4v) is 2.77. The molecule has 1 amide bonds. The van der Waals surface area contributed by atoms with Crippen molar-refractivity contribution in [2.45, 2.75) is 26.4 Å². The van der Waals surface area contributed by atoms with Gasteiger partial charge in [-0.15, -0.1) is 11.3 Å². The molecule has 0 aliphatic rings. The lowest BCUT2D eigenvalue weighted by Crippen LogP contribution is -2.30. The summed E-state index contributed by atoms with van der Waals surface area (Å²) in [4.78, 5) is 12.2. The second-order valence-electron chi connectivity index (χ2n) is 4.73. The van der Waals surface area contributed by atoms with Crippen molar-refractivity contribution in [1.82, 2.24) is 5.43 Å². The van der Waals surface area contributed by atoms with Gasteiger partial charge in [0.15, 0.2) is 0 Å². The summed E-state index contributed by atoms with van der Waals surface area (Å²) < 4.78 is 5.86. The van der Waals surface area contributed by atoms with E-state index in [1.807, 2.05) is 29.6 Å². The molecule has 1 heterocycles. The number of rotatable bonds is 5. The van der Waals surface area contributed by atoms with Gasteiger partial charge in [-0.2, -0.15) is 0 Å². The van der Waals surface area contributed by atoms with Crippen molar-refractivity contribution >= 4 is 17.2 Å². The highest BCUT2D eigenvalue weighted by atomic mass is 32.1. The van der Waals surface area contributed by atoms with Gasteiger partial charge < -0.3 is 4.74 Å². The number of ether oxygens (including phenoxy) is 1. The summed E-state index contributed by atoms with van der Waals surface area (Å²) in [5, 5.41) is 1.86. The fraction of sp³-hybridized carbons (Fsp3) is 0.267. The van der Waals surface area contributed by atoms with Crippen molar-refractivity contribution < 1.29 is 9.53 Å². The normalized spacial score (nSPS) is 10.6. The van der Waals surface area contributed by atoms with E-state index in [0.29, 0.717) is 17.4 Å². The van der Waals surface area contributed by atoms with E-state index < -0.39 is 0 Å². The number of hydrogen-bond acceptors (Lipinski definition) is 4. The summed E-state index contributed by atoms with van der Waals surface area (Å²) in [5.41, 5.74) is 4.16. The highest BCUT2D eigenvalue weighted by Gasteiger charge is 2.13. The molecule has 0 aliphatic heterocycles. The van der Waals surface area contributed by atoms with Crippen LogP contribution in [0.25, 0.3) is 0 Å². The molecule has 0 aliphatic carbocycles. The standard InChI is InChI=1S/C15H18N2O2S/c1-10(2)12-5-3-4-6-13(12)19-9-11-7-8-20-14(11)15(18)17-16/h3-8,10H,9,16H2,1-2H3,(H,17,18). The summed E-state index contributed by atoms with van der Waals surface area (Å²) in [6.07, 6.45) is 0. The number of carbonyl (C=O) groups excluding carboxylic acids is 1. The number of nitrogen functional groups attached to an aromatic ring is 1. The topological polar surface area (TPSA) is 64.3 Å². The van der Waals surface area contributed by atoms with Gasteiger partial charge in [-0.05, 0) is 29.0 Å². The molecule has 5 heteroatoms. The number of benzene rings is 1. The molecule has 1 aromatic carbocycles. The van der Waals surface area contributed by atoms with Crippen LogP contribution in [-0.2, 0) is 6.61 Å². The van der Waals surface area contributed by atoms with Gasteiger partial charge in [-0.3, -0.25) is 10.2 Å². The summed E-state index contributed by atoms with van der Waals surface area (Å²) in [7, 11) is 0. The Kier molecular flexibility index (Phi) is 4.76. The number of nitrogens with two attached hydrogens (primary N) is 1. The van der Waals surface area contributed by atoms with Gasteiger partial charge in [0.2, 0.25) is 0 Å². The zero-order valence-electron chi connectivity index (χ0n) is 11.6. The van der Waals surface area contributed by atoms with Crippen LogP contribution in [-0.4, -0.2) is 5.91 Å². The van der Waals surface area contributed by atoms with Crippen LogP contribution in [0.1, 0.15) is 40.6 Å². The van der Waals surface area contributed by atoms with Crippen LogP contribution in [0.2, 0.25) is 0 Å². The molecular formula is C15H18N2O2S. The van der Waals surface area contributed by atoms with Gasteiger partial charge in [-0.1, -0.05) is 32.0 Å². The minimum Gasteiger partial charge on any atom is -0.489 e. The zero-order valence-corrected chi connectivity index (χ0v) is 12.4. The Morgan fingerprint density at radius 3 is 2.80 bits per heavy atom. The van der Waals surface area contributed by atoms with Crippen LogP contribution >= 0.6 is 11.3 Å². The molecular weight excluding hydrogens is 272 g/mol. The maximum Gasteiger partial charge on any atom is 0.275 e. The number of hydrazine groups is 1. The molecule has 20 heavy (non-hydrogen) atoms. The Morgan fingerprint density at radius 1 is 1.35 bits per heavy atom. The minimum atomic E-state index is -0.282. The van der Waals surface area contributed by atoms with Crippen molar-refractivity contribution in [3.8, 4) is 5.75 Å². The first kappa shape index (κ1) is 14.6. The SMILES string of the molecule is CC(C)c1ccccc1OCc1ccsc1C(=O)NN. The first-order valence-electron chi connectivity index (χ1n) is 6.42. The average molecular weight is 290 g/mol. The van der Waals surface area contributed by atoms with Crippen LogP contribution in [0, 0.1) is 0 Å². The highest BCUT2D eigenvalue weighted by Crippen LogP contribution is 2.27. The van der Waals surface area contributed by atoms with Crippen LogP contribution in [0.5, 0.6) is 5.75 Å². The lowest BCUT2D eigenvalue weighted by Gasteiger charge is -2.13. The Hall–Kier alpha value is -1.85. The van der Waals surface area contributed by atoms with Gasteiger partial charge >= 0.3 is 0 Å². The van der Waals surface area contributed by atoms with Gasteiger partial charge in [0.1, 0.15) is 12.4 Å². The van der Waals surface area contributed by atoms with Crippen molar-refractivity contribution in [1.29, 1.82) is 0 Å². The number of amides is 1. The molecule has 106 valence electrons. The fourth-order valence-electron chi connectivity index (χ4n) is 1.96. The molecule has 0 unspecified atom stereocenters. The Bertz CT molecular complexity index is 593. The first-order chi connectivity index (χ1) is 9.63. The van der Waals surface area contributed by atoms with Crippen molar-refractivity contribution in [2.24, 2.45) is 5.84 Å². The minimum absolute atomic E-state index is 0.282. The third-order valence-electron chi connectivity index (χ3n) is 3.01. The molecule has 0 bridgehead atoms. The van der Waals surface area contributed by atoms with Crippen molar-refractivity contribution in [3.63, 3.8) is 0 Å². The number of nitrogens with one attached hydrogen (secondary N) is 1. The third kappa shape index (κ3) is 3.18. The van der Waals surface area contributed by atoms with E-state index in [9.17, 15) is 4.79 Å². The molecule has 4 nitrogen and oxygen atoms in total. The smallest absolute Gasteiger partial charge is 0.275 e. The predicted molar refractivity (Wildman–Crippen MR) is 80.8 cm³/mol. The van der Waals surface area contributed by atoms with E-state index >= 15 is 0 Å². The molecule has 0 saturated heterocycles. The van der Waals surface area contributed by atoms with E-state index in [0.717, 1.165) is 16.9 Å². The maximum atomic E-state index is 11.6. The van der Waals surface area contributed by atoms with E-state index in [-0.39, 0.29) is 5.91 Å². The molecule has 0 spiro atoms. The molecule has 2 aromatic rings. The zero-order chi connectivity index (χ0) is 14.5. The summed E-state index contributed by atoms with van der Waals surface area (Å²) in [6.45, 7) is 4.61.